The zero-order valence-corrected chi connectivity index (χ0v) is 11.6. The predicted molar refractivity (Wildman–Crippen MR) is 73.1 cm³/mol. The molecule has 1 N–H and O–H groups in total. The summed E-state index contributed by atoms with van der Waals surface area (Å²) in [6.45, 7) is 4.47. The molecule has 0 aromatic heterocycles. The van der Waals surface area contributed by atoms with Crippen LogP contribution in [0, 0.1) is 6.92 Å². The number of amides is 1. The molecule has 1 aromatic carbocycles. The molecule has 0 aliphatic carbocycles. The number of hydrogen-bond donors (Lipinski definition) is 1. The van der Waals surface area contributed by atoms with Crippen molar-refractivity contribution in [2.75, 3.05) is 6.54 Å². The molecular weight excluding hydrogens is 257 g/mol. The molecule has 4 heteroatoms. The number of alkyl halides is 1. The van der Waals surface area contributed by atoms with Gasteiger partial charge >= 0.3 is 0 Å². The van der Waals surface area contributed by atoms with Crippen LogP contribution >= 0.6 is 23.2 Å². The lowest BCUT2D eigenvalue weighted by atomic mass is 10.1. The van der Waals surface area contributed by atoms with Gasteiger partial charge in [0, 0.05) is 6.54 Å². The summed E-state index contributed by atoms with van der Waals surface area (Å²) in [5, 5.41) is 3.24. The molecule has 0 aliphatic rings. The van der Waals surface area contributed by atoms with Crippen molar-refractivity contribution in [2.45, 2.75) is 32.1 Å². The second-order valence-electron chi connectivity index (χ2n) is 4.08. The van der Waals surface area contributed by atoms with E-state index in [4.69, 9.17) is 23.2 Å². The van der Waals surface area contributed by atoms with Gasteiger partial charge in [-0.2, -0.15) is 0 Å². The molecule has 0 saturated carbocycles. The molecule has 94 valence electrons. The van der Waals surface area contributed by atoms with Crippen molar-refractivity contribution < 1.29 is 4.79 Å². The standard InChI is InChI=1S/C13H17Cl2NO/c1-3-4-10(14)8-16-13(17)11-6-5-9(2)7-12(11)15/h5-7,10H,3-4,8H2,1-2H3,(H,16,17). The van der Waals surface area contributed by atoms with Crippen molar-refractivity contribution in [1.82, 2.24) is 5.32 Å². The van der Waals surface area contributed by atoms with E-state index in [-0.39, 0.29) is 11.3 Å². The average molecular weight is 274 g/mol. The number of halogens is 2. The van der Waals surface area contributed by atoms with Crippen LogP contribution in [0.5, 0.6) is 0 Å². The second kappa shape index (κ2) is 6.87. The molecule has 0 radical (unpaired) electrons. The molecule has 0 saturated heterocycles. The summed E-state index contributed by atoms with van der Waals surface area (Å²) < 4.78 is 0. The number of aryl methyl sites for hydroxylation is 1. The number of benzene rings is 1. The molecule has 0 bridgehead atoms. The molecule has 1 unspecified atom stereocenters. The van der Waals surface area contributed by atoms with Crippen LogP contribution < -0.4 is 5.32 Å². The molecule has 0 fully saturated rings. The minimum atomic E-state index is -0.170. The van der Waals surface area contributed by atoms with Gasteiger partial charge in [-0.1, -0.05) is 31.0 Å². The van der Waals surface area contributed by atoms with Crippen molar-refractivity contribution in [3.63, 3.8) is 0 Å². The van der Waals surface area contributed by atoms with Gasteiger partial charge in [-0.15, -0.1) is 11.6 Å². The second-order valence-corrected chi connectivity index (χ2v) is 5.10. The third-order valence-electron chi connectivity index (χ3n) is 2.46. The van der Waals surface area contributed by atoms with Crippen LogP contribution in [-0.4, -0.2) is 17.8 Å². The Morgan fingerprint density at radius 2 is 2.18 bits per heavy atom. The van der Waals surface area contributed by atoms with Crippen LogP contribution in [0.4, 0.5) is 0 Å². The van der Waals surface area contributed by atoms with E-state index in [1.54, 1.807) is 12.1 Å². The van der Waals surface area contributed by atoms with Gasteiger partial charge in [0.2, 0.25) is 0 Å². The fourth-order valence-electron chi connectivity index (χ4n) is 1.52. The van der Waals surface area contributed by atoms with E-state index in [0.29, 0.717) is 17.1 Å². The van der Waals surface area contributed by atoms with Gasteiger partial charge in [0.1, 0.15) is 0 Å². The van der Waals surface area contributed by atoms with E-state index < -0.39 is 0 Å². The lowest BCUT2D eigenvalue weighted by molar-refractivity contribution is 0.0953. The van der Waals surface area contributed by atoms with Gasteiger partial charge in [-0.3, -0.25) is 4.79 Å². The molecule has 1 rings (SSSR count). The van der Waals surface area contributed by atoms with Crippen LogP contribution in [0.3, 0.4) is 0 Å². The van der Waals surface area contributed by atoms with E-state index in [2.05, 4.69) is 12.2 Å². The number of rotatable bonds is 5. The summed E-state index contributed by atoms with van der Waals surface area (Å²) in [5.74, 6) is -0.170. The maximum atomic E-state index is 11.8. The Balaban J connectivity index is 2.58. The highest BCUT2D eigenvalue weighted by molar-refractivity contribution is 6.33. The minimum absolute atomic E-state index is 0.0202. The Kier molecular flexibility index (Phi) is 5.79. The van der Waals surface area contributed by atoms with E-state index in [9.17, 15) is 4.79 Å². The predicted octanol–water partition coefficient (Wildman–Crippen LogP) is 3.79. The Morgan fingerprint density at radius 3 is 2.76 bits per heavy atom. The first-order chi connectivity index (χ1) is 8.04. The summed E-state index contributed by atoms with van der Waals surface area (Å²) in [6.07, 6.45) is 1.90. The third kappa shape index (κ3) is 4.57. The van der Waals surface area contributed by atoms with Gasteiger partial charge in [0.05, 0.1) is 16.0 Å². The smallest absolute Gasteiger partial charge is 0.252 e. The van der Waals surface area contributed by atoms with Crippen molar-refractivity contribution >= 4 is 29.1 Å². The fraction of sp³-hybridized carbons (Fsp3) is 0.462. The number of carbonyl (C=O) groups excluding carboxylic acids is 1. The number of carbonyl (C=O) groups is 1. The Morgan fingerprint density at radius 1 is 1.47 bits per heavy atom. The molecule has 2 nitrogen and oxygen atoms in total. The summed E-state index contributed by atoms with van der Waals surface area (Å²) in [7, 11) is 0. The summed E-state index contributed by atoms with van der Waals surface area (Å²) in [5.41, 5.74) is 1.53. The zero-order chi connectivity index (χ0) is 12.8. The maximum Gasteiger partial charge on any atom is 0.252 e. The van der Waals surface area contributed by atoms with Gasteiger partial charge in [-0.05, 0) is 31.0 Å². The monoisotopic (exact) mass is 273 g/mol. The molecule has 0 spiro atoms. The lowest BCUT2D eigenvalue weighted by Gasteiger charge is -2.10. The van der Waals surface area contributed by atoms with Crippen molar-refractivity contribution in [2.24, 2.45) is 0 Å². The zero-order valence-electron chi connectivity index (χ0n) is 10.1. The highest BCUT2D eigenvalue weighted by atomic mass is 35.5. The topological polar surface area (TPSA) is 29.1 Å². The fourth-order valence-corrected chi connectivity index (χ4v) is 2.13. The van der Waals surface area contributed by atoms with E-state index in [1.165, 1.54) is 0 Å². The summed E-state index contributed by atoms with van der Waals surface area (Å²) in [6, 6.07) is 5.38. The Bertz CT molecular complexity index is 393. The van der Waals surface area contributed by atoms with Crippen LogP contribution in [0.15, 0.2) is 18.2 Å². The van der Waals surface area contributed by atoms with Gasteiger partial charge in [-0.25, -0.2) is 0 Å². The van der Waals surface area contributed by atoms with Gasteiger partial charge < -0.3 is 5.32 Å². The normalized spacial score (nSPS) is 12.2. The summed E-state index contributed by atoms with van der Waals surface area (Å²) in [4.78, 5) is 11.8. The van der Waals surface area contributed by atoms with Crippen molar-refractivity contribution in [1.29, 1.82) is 0 Å². The van der Waals surface area contributed by atoms with Crippen LogP contribution in [0.2, 0.25) is 5.02 Å². The van der Waals surface area contributed by atoms with Crippen LogP contribution in [-0.2, 0) is 0 Å². The van der Waals surface area contributed by atoms with E-state index in [0.717, 1.165) is 18.4 Å². The first-order valence-electron chi connectivity index (χ1n) is 5.73. The first-order valence-corrected chi connectivity index (χ1v) is 6.54. The van der Waals surface area contributed by atoms with Gasteiger partial charge in [0.15, 0.2) is 0 Å². The molecule has 0 heterocycles. The maximum absolute atomic E-state index is 11.8. The van der Waals surface area contributed by atoms with E-state index in [1.807, 2.05) is 13.0 Å². The largest absolute Gasteiger partial charge is 0.351 e. The van der Waals surface area contributed by atoms with Crippen molar-refractivity contribution in [3.8, 4) is 0 Å². The number of hydrogen-bond acceptors (Lipinski definition) is 1. The van der Waals surface area contributed by atoms with Crippen molar-refractivity contribution in [3.05, 3.63) is 34.3 Å². The molecular formula is C13H17Cl2NO. The molecule has 17 heavy (non-hydrogen) atoms. The van der Waals surface area contributed by atoms with Crippen LogP contribution in [0.1, 0.15) is 35.7 Å². The first kappa shape index (κ1) is 14.3. The SMILES string of the molecule is CCCC(Cl)CNC(=O)c1ccc(C)cc1Cl. The lowest BCUT2D eigenvalue weighted by Crippen LogP contribution is -2.29. The molecule has 0 aliphatic heterocycles. The van der Waals surface area contributed by atoms with Gasteiger partial charge in [0.25, 0.3) is 5.91 Å². The quantitative estimate of drug-likeness (QED) is 0.813. The third-order valence-corrected chi connectivity index (χ3v) is 3.14. The number of nitrogens with one attached hydrogen (secondary N) is 1. The summed E-state index contributed by atoms with van der Waals surface area (Å²) >= 11 is 12.0. The highest BCUT2D eigenvalue weighted by Gasteiger charge is 2.11. The van der Waals surface area contributed by atoms with Crippen LogP contribution in [0.25, 0.3) is 0 Å². The average Bonchev–Trinajstić information content (AvgIpc) is 2.26. The van der Waals surface area contributed by atoms with E-state index >= 15 is 0 Å². The highest BCUT2D eigenvalue weighted by Crippen LogP contribution is 2.17. The Labute approximate surface area is 112 Å². The molecule has 1 aromatic rings. The minimum Gasteiger partial charge on any atom is -0.351 e. The molecule has 1 atom stereocenters. The Hall–Kier alpha value is -0.730. The molecule has 1 amide bonds.